The summed E-state index contributed by atoms with van der Waals surface area (Å²) < 4.78 is 30.4. The van der Waals surface area contributed by atoms with Gasteiger partial charge in [0, 0.05) is 44.5 Å². The first kappa shape index (κ1) is 26.9. The number of nitrogens with zero attached hydrogens (tertiary/aromatic N) is 5. The van der Waals surface area contributed by atoms with Gasteiger partial charge in [-0.15, -0.1) is 0 Å². The van der Waals surface area contributed by atoms with E-state index < -0.39 is 10.0 Å². The van der Waals surface area contributed by atoms with Crippen molar-refractivity contribution in [2.75, 3.05) is 26.2 Å². The molecule has 1 saturated heterocycles. The van der Waals surface area contributed by atoms with Crippen LogP contribution in [0.4, 0.5) is 0 Å². The molecule has 8 heteroatoms. The van der Waals surface area contributed by atoms with Crippen molar-refractivity contribution in [1.29, 1.82) is 5.26 Å². The largest absolute Gasteiger partial charge is 0.301 e. The highest BCUT2D eigenvalue weighted by Crippen LogP contribution is 2.30. The van der Waals surface area contributed by atoms with Crippen molar-refractivity contribution < 1.29 is 8.42 Å². The Morgan fingerprint density at radius 2 is 1.54 bits per heavy atom. The van der Waals surface area contributed by atoms with Gasteiger partial charge in [0.2, 0.25) is 10.0 Å². The van der Waals surface area contributed by atoms with Gasteiger partial charge >= 0.3 is 0 Å². The van der Waals surface area contributed by atoms with Crippen LogP contribution in [0.15, 0.2) is 96.0 Å². The van der Waals surface area contributed by atoms with E-state index in [1.807, 2.05) is 6.07 Å². The maximum Gasteiger partial charge on any atom is 0.244 e. The van der Waals surface area contributed by atoms with Gasteiger partial charge < -0.3 is 4.40 Å². The zero-order valence-corrected chi connectivity index (χ0v) is 24.0. The number of aromatic nitrogens is 2. The molecule has 7 nitrogen and oxygen atoms in total. The number of piperazine rings is 1. The number of hydrogen-bond acceptors (Lipinski definition) is 5. The molecule has 0 saturated carbocycles. The van der Waals surface area contributed by atoms with Gasteiger partial charge in [-0.3, -0.25) is 4.90 Å². The van der Waals surface area contributed by atoms with Gasteiger partial charge in [-0.25, -0.2) is 13.4 Å². The van der Waals surface area contributed by atoms with Crippen LogP contribution < -0.4 is 0 Å². The van der Waals surface area contributed by atoms with Gasteiger partial charge in [0.1, 0.15) is 11.7 Å². The molecule has 41 heavy (non-hydrogen) atoms. The Bertz CT molecular complexity index is 1880. The lowest BCUT2D eigenvalue weighted by atomic mass is 10.1. The lowest BCUT2D eigenvalue weighted by molar-refractivity contribution is 0.180. The number of aryl methyl sites for hydroxylation is 2. The van der Waals surface area contributed by atoms with Gasteiger partial charge in [0.05, 0.1) is 21.8 Å². The van der Waals surface area contributed by atoms with Crippen LogP contribution in [0.25, 0.3) is 28.0 Å². The van der Waals surface area contributed by atoms with Crippen LogP contribution >= 0.6 is 0 Å². The summed E-state index contributed by atoms with van der Waals surface area (Å²) in [6, 6.07) is 29.5. The van der Waals surface area contributed by atoms with E-state index in [1.54, 1.807) is 18.2 Å². The molecule has 5 aromatic rings. The molecule has 0 spiro atoms. The van der Waals surface area contributed by atoms with Crippen LogP contribution in [-0.2, 0) is 16.6 Å². The predicted octanol–water partition coefficient (Wildman–Crippen LogP) is 5.66. The number of rotatable bonds is 6. The summed E-state index contributed by atoms with van der Waals surface area (Å²) in [5.74, 6) is 0. The highest BCUT2D eigenvalue weighted by molar-refractivity contribution is 7.89. The monoisotopic (exact) mass is 561 g/mol. The Labute approximate surface area is 241 Å². The smallest absolute Gasteiger partial charge is 0.244 e. The first-order chi connectivity index (χ1) is 19.8. The summed E-state index contributed by atoms with van der Waals surface area (Å²) in [6.07, 6.45) is 2.16. The van der Waals surface area contributed by atoms with Crippen LogP contribution in [0.3, 0.4) is 0 Å². The molecule has 3 heterocycles. The Morgan fingerprint density at radius 3 is 2.27 bits per heavy atom. The first-order valence-corrected chi connectivity index (χ1v) is 15.1. The van der Waals surface area contributed by atoms with Gasteiger partial charge in [0.15, 0.2) is 0 Å². The normalized spacial score (nSPS) is 14.8. The van der Waals surface area contributed by atoms with E-state index in [2.05, 4.69) is 90.0 Å². The Kier molecular flexibility index (Phi) is 7.18. The predicted molar refractivity (Wildman–Crippen MR) is 161 cm³/mol. The molecule has 1 aliphatic heterocycles. The third-order valence-corrected chi connectivity index (χ3v) is 9.68. The van der Waals surface area contributed by atoms with Crippen LogP contribution in [0, 0.1) is 25.2 Å². The second-order valence-corrected chi connectivity index (χ2v) is 12.5. The molecule has 0 radical (unpaired) electrons. The van der Waals surface area contributed by atoms with Gasteiger partial charge in [-0.2, -0.15) is 9.57 Å². The minimum Gasteiger partial charge on any atom is -0.301 e. The summed E-state index contributed by atoms with van der Waals surface area (Å²) >= 11 is 0. The second-order valence-electron chi connectivity index (χ2n) is 10.6. The Balaban J connectivity index is 1.32. The fourth-order valence-electron chi connectivity index (χ4n) is 5.45. The SMILES string of the molecule is Cc1ccc(-c2nc3ccc(-c4cccc(C)c4)cn3c2CN2CCN(S(=O)(=O)c3ccccc3C#N)CC2)cc1. The topological polar surface area (TPSA) is 81.7 Å². The van der Waals surface area contributed by atoms with E-state index in [9.17, 15) is 13.7 Å². The maximum absolute atomic E-state index is 13.4. The third-order valence-electron chi connectivity index (χ3n) is 7.72. The minimum atomic E-state index is -3.75. The molecule has 1 aliphatic rings. The second kappa shape index (κ2) is 10.9. The molecule has 0 amide bonds. The molecule has 0 unspecified atom stereocenters. The minimum absolute atomic E-state index is 0.0723. The van der Waals surface area contributed by atoms with Gasteiger partial charge in [-0.05, 0) is 49.2 Å². The van der Waals surface area contributed by atoms with E-state index in [1.165, 1.54) is 21.5 Å². The summed E-state index contributed by atoms with van der Waals surface area (Å²) in [6.45, 7) is 6.66. The fourth-order valence-corrected chi connectivity index (χ4v) is 7.01. The highest BCUT2D eigenvalue weighted by atomic mass is 32.2. The number of pyridine rings is 1. The average Bonchev–Trinajstić information content (AvgIpc) is 3.35. The van der Waals surface area contributed by atoms with Gasteiger partial charge in [0.25, 0.3) is 0 Å². The summed E-state index contributed by atoms with van der Waals surface area (Å²) in [7, 11) is -3.75. The number of fused-ring (bicyclic) bond motifs is 1. The van der Waals surface area contributed by atoms with E-state index in [0.717, 1.165) is 33.7 Å². The quantitative estimate of drug-likeness (QED) is 0.267. The summed E-state index contributed by atoms with van der Waals surface area (Å²) in [5.41, 5.74) is 8.78. The number of imidazole rings is 1. The molecule has 0 bridgehead atoms. The molecule has 206 valence electrons. The van der Waals surface area contributed by atoms with E-state index >= 15 is 0 Å². The molecular weight excluding hydrogens is 530 g/mol. The van der Waals surface area contributed by atoms with E-state index in [4.69, 9.17) is 4.98 Å². The molecule has 2 aromatic heterocycles. The zero-order valence-electron chi connectivity index (χ0n) is 23.2. The summed E-state index contributed by atoms with van der Waals surface area (Å²) in [4.78, 5) is 7.40. The maximum atomic E-state index is 13.4. The molecule has 0 N–H and O–H groups in total. The average molecular weight is 562 g/mol. The van der Waals surface area contributed by atoms with E-state index in [-0.39, 0.29) is 10.5 Å². The van der Waals surface area contributed by atoms with Crippen LogP contribution in [0.5, 0.6) is 0 Å². The van der Waals surface area contributed by atoms with Crippen molar-refractivity contribution in [1.82, 2.24) is 18.6 Å². The fraction of sp³-hybridized carbons (Fsp3) is 0.212. The van der Waals surface area contributed by atoms with Gasteiger partial charge in [-0.1, -0.05) is 71.8 Å². The van der Waals surface area contributed by atoms with Crippen molar-refractivity contribution in [3.05, 3.63) is 114 Å². The van der Waals surface area contributed by atoms with Crippen LogP contribution in [0.1, 0.15) is 22.4 Å². The van der Waals surface area contributed by atoms with Crippen molar-refractivity contribution in [2.24, 2.45) is 0 Å². The molecule has 6 rings (SSSR count). The van der Waals surface area contributed by atoms with Crippen molar-refractivity contribution >= 4 is 15.7 Å². The van der Waals surface area contributed by atoms with Crippen molar-refractivity contribution in [3.8, 4) is 28.5 Å². The Morgan fingerprint density at radius 1 is 0.805 bits per heavy atom. The number of sulfonamides is 1. The highest BCUT2D eigenvalue weighted by Gasteiger charge is 2.31. The van der Waals surface area contributed by atoms with Crippen molar-refractivity contribution in [2.45, 2.75) is 25.3 Å². The third kappa shape index (κ3) is 5.27. The lowest BCUT2D eigenvalue weighted by Crippen LogP contribution is -2.48. The lowest BCUT2D eigenvalue weighted by Gasteiger charge is -2.34. The van der Waals surface area contributed by atoms with Crippen LogP contribution in [0.2, 0.25) is 0 Å². The number of nitriles is 1. The molecule has 1 fully saturated rings. The number of benzene rings is 3. The zero-order chi connectivity index (χ0) is 28.6. The van der Waals surface area contributed by atoms with Crippen molar-refractivity contribution in [3.63, 3.8) is 0 Å². The van der Waals surface area contributed by atoms with E-state index in [0.29, 0.717) is 32.7 Å². The molecular formula is C33H31N5O2S. The standard InChI is InChI=1S/C33H31N5O2S/c1-24-10-12-26(13-11-24)33-30(38-22-29(14-15-32(38)35-33)27-8-5-6-25(2)20-27)23-36-16-18-37(19-17-36)41(39,40)31-9-4-3-7-28(31)21-34/h3-15,20,22H,16-19,23H2,1-2H3. The summed E-state index contributed by atoms with van der Waals surface area (Å²) in [5, 5.41) is 9.44. The molecule has 3 aromatic carbocycles. The first-order valence-electron chi connectivity index (χ1n) is 13.7. The van der Waals surface area contributed by atoms with Crippen LogP contribution in [-0.4, -0.2) is 53.2 Å². The molecule has 0 atom stereocenters. The number of hydrogen-bond donors (Lipinski definition) is 0. The Hall–Kier alpha value is -4.29. The molecule has 0 aliphatic carbocycles.